The van der Waals surface area contributed by atoms with Crippen LogP contribution in [0, 0.1) is 0 Å². The van der Waals surface area contributed by atoms with Gasteiger partial charge in [0.05, 0.1) is 0 Å². The highest BCUT2D eigenvalue weighted by Gasteiger charge is 2.16. The van der Waals surface area contributed by atoms with Crippen molar-refractivity contribution in [3.8, 4) is 0 Å². The van der Waals surface area contributed by atoms with Crippen LogP contribution in [0.2, 0.25) is 0 Å². The van der Waals surface area contributed by atoms with Gasteiger partial charge in [-0.1, -0.05) is 19.1 Å². The van der Waals surface area contributed by atoms with Crippen LogP contribution < -0.4 is 16.0 Å². The summed E-state index contributed by atoms with van der Waals surface area (Å²) in [7, 11) is 0. The molecule has 0 spiro atoms. The number of nitrogens with one attached hydrogen (secondary N) is 3. The van der Waals surface area contributed by atoms with Crippen molar-refractivity contribution in [3.63, 3.8) is 0 Å². The Hall–Kier alpha value is -3.10. The van der Waals surface area contributed by atoms with Crippen molar-refractivity contribution < 1.29 is 9.53 Å². The summed E-state index contributed by atoms with van der Waals surface area (Å²) in [5.74, 6) is 1.77. The molecule has 170 valence electrons. The number of ether oxygens (including phenoxy) is 1. The number of guanidine groups is 1. The fourth-order valence-corrected chi connectivity index (χ4v) is 2.85. The van der Waals surface area contributed by atoms with Crippen LogP contribution in [-0.2, 0) is 24.1 Å². The third kappa shape index (κ3) is 9.06. The van der Waals surface area contributed by atoms with E-state index in [9.17, 15) is 4.79 Å². The first kappa shape index (κ1) is 24.2. The molecular formula is C22H35N7O2. The Morgan fingerprint density at radius 2 is 1.90 bits per heavy atom. The maximum absolute atomic E-state index is 11.8. The van der Waals surface area contributed by atoms with Gasteiger partial charge in [-0.05, 0) is 51.8 Å². The standard InChI is InChI=1S/C22H35N7O2/c1-6-19-28-26-16-29(19)15-14-25-20(23-7-2)24-13-12-17-8-10-18(11-9-17)27-21(30)31-22(3,4)5/h8-11,16H,6-7,12-15H2,1-5H3,(H,27,30)(H2,23,24,25). The molecule has 0 unspecified atom stereocenters. The lowest BCUT2D eigenvalue weighted by atomic mass is 10.1. The molecule has 1 heterocycles. The molecule has 0 radical (unpaired) electrons. The Balaban J connectivity index is 1.80. The number of rotatable bonds is 9. The van der Waals surface area contributed by atoms with E-state index < -0.39 is 11.7 Å². The monoisotopic (exact) mass is 429 g/mol. The van der Waals surface area contributed by atoms with Crippen LogP contribution in [0.5, 0.6) is 0 Å². The zero-order valence-corrected chi connectivity index (χ0v) is 19.2. The third-order valence-electron chi connectivity index (χ3n) is 4.27. The maximum Gasteiger partial charge on any atom is 0.412 e. The molecule has 0 saturated heterocycles. The van der Waals surface area contributed by atoms with E-state index in [4.69, 9.17) is 4.74 Å². The third-order valence-corrected chi connectivity index (χ3v) is 4.27. The summed E-state index contributed by atoms with van der Waals surface area (Å²) in [4.78, 5) is 16.5. The van der Waals surface area contributed by atoms with Crippen molar-refractivity contribution in [3.05, 3.63) is 42.0 Å². The lowest BCUT2D eigenvalue weighted by Gasteiger charge is -2.19. The number of hydrogen-bond acceptors (Lipinski definition) is 5. The summed E-state index contributed by atoms with van der Waals surface area (Å²) < 4.78 is 7.31. The summed E-state index contributed by atoms with van der Waals surface area (Å²) in [5, 5.41) is 17.4. The lowest BCUT2D eigenvalue weighted by Crippen LogP contribution is -2.39. The summed E-state index contributed by atoms with van der Waals surface area (Å²) in [6, 6.07) is 7.72. The smallest absolute Gasteiger partial charge is 0.412 e. The number of aryl methyl sites for hydroxylation is 1. The Labute approximate surface area is 184 Å². The molecule has 0 aliphatic rings. The van der Waals surface area contributed by atoms with Crippen molar-refractivity contribution >= 4 is 17.7 Å². The molecule has 2 aromatic rings. The van der Waals surface area contributed by atoms with E-state index in [1.54, 1.807) is 6.33 Å². The Bertz CT molecular complexity index is 838. The van der Waals surface area contributed by atoms with Gasteiger partial charge in [0, 0.05) is 38.3 Å². The van der Waals surface area contributed by atoms with E-state index in [1.165, 1.54) is 0 Å². The SMILES string of the molecule is CCNC(=NCCc1ccc(NC(=O)OC(C)(C)C)cc1)NCCn1cnnc1CC. The van der Waals surface area contributed by atoms with Gasteiger partial charge in [-0.15, -0.1) is 10.2 Å². The van der Waals surface area contributed by atoms with Gasteiger partial charge in [0.25, 0.3) is 0 Å². The molecule has 0 bridgehead atoms. The molecule has 0 fully saturated rings. The number of hydrogen-bond donors (Lipinski definition) is 3. The van der Waals surface area contributed by atoms with Crippen LogP contribution in [0.4, 0.5) is 10.5 Å². The first-order valence-corrected chi connectivity index (χ1v) is 10.8. The van der Waals surface area contributed by atoms with E-state index in [-0.39, 0.29) is 0 Å². The number of amides is 1. The minimum absolute atomic E-state index is 0.455. The average molecular weight is 430 g/mol. The van der Waals surface area contributed by atoms with Crippen LogP contribution in [0.1, 0.15) is 46.0 Å². The van der Waals surface area contributed by atoms with Gasteiger partial charge >= 0.3 is 6.09 Å². The van der Waals surface area contributed by atoms with Crippen molar-refractivity contribution in [1.29, 1.82) is 0 Å². The second-order valence-corrected chi connectivity index (χ2v) is 8.06. The molecule has 0 aliphatic heterocycles. The van der Waals surface area contributed by atoms with Gasteiger partial charge in [-0.2, -0.15) is 0 Å². The summed E-state index contributed by atoms with van der Waals surface area (Å²) in [6.45, 7) is 12.6. The molecule has 1 amide bonds. The molecular weight excluding hydrogens is 394 g/mol. The van der Waals surface area contributed by atoms with E-state index in [0.717, 1.165) is 49.8 Å². The predicted octanol–water partition coefficient (Wildman–Crippen LogP) is 2.99. The van der Waals surface area contributed by atoms with Crippen LogP contribution in [0.3, 0.4) is 0 Å². The second-order valence-electron chi connectivity index (χ2n) is 8.06. The van der Waals surface area contributed by atoms with E-state index in [2.05, 4.69) is 38.1 Å². The minimum Gasteiger partial charge on any atom is -0.444 e. The van der Waals surface area contributed by atoms with Gasteiger partial charge in [-0.25, -0.2) is 4.79 Å². The molecule has 3 N–H and O–H groups in total. The molecule has 9 heteroatoms. The zero-order valence-electron chi connectivity index (χ0n) is 19.2. The highest BCUT2D eigenvalue weighted by Crippen LogP contribution is 2.13. The van der Waals surface area contributed by atoms with Crippen molar-refractivity contribution in [1.82, 2.24) is 25.4 Å². The summed E-state index contributed by atoms with van der Waals surface area (Å²) >= 11 is 0. The molecule has 31 heavy (non-hydrogen) atoms. The van der Waals surface area contributed by atoms with Gasteiger partial charge in [0.2, 0.25) is 0 Å². The maximum atomic E-state index is 11.8. The van der Waals surface area contributed by atoms with E-state index >= 15 is 0 Å². The molecule has 2 rings (SSSR count). The first-order valence-electron chi connectivity index (χ1n) is 10.8. The average Bonchev–Trinajstić information content (AvgIpc) is 3.15. The van der Waals surface area contributed by atoms with Crippen LogP contribution in [0.15, 0.2) is 35.6 Å². The quantitative estimate of drug-likeness (QED) is 0.418. The van der Waals surface area contributed by atoms with Crippen molar-refractivity contribution in [2.45, 2.75) is 59.6 Å². The number of anilines is 1. The number of benzene rings is 1. The topological polar surface area (TPSA) is 105 Å². The molecule has 0 aliphatic carbocycles. The first-order chi connectivity index (χ1) is 14.8. The fourth-order valence-electron chi connectivity index (χ4n) is 2.85. The van der Waals surface area contributed by atoms with Crippen LogP contribution >= 0.6 is 0 Å². The highest BCUT2D eigenvalue weighted by molar-refractivity contribution is 5.84. The number of carbonyl (C=O) groups excluding carboxylic acids is 1. The number of aromatic nitrogens is 3. The van der Waals surface area contributed by atoms with Crippen LogP contribution in [0.25, 0.3) is 0 Å². The summed E-state index contributed by atoms with van der Waals surface area (Å²) in [6.07, 6.45) is 2.96. The Morgan fingerprint density at radius 1 is 1.16 bits per heavy atom. The van der Waals surface area contributed by atoms with Gasteiger partial charge in [-0.3, -0.25) is 10.3 Å². The number of aliphatic imine (C=N–C) groups is 1. The van der Waals surface area contributed by atoms with Crippen molar-refractivity contribution in [2.75, 3.05) is 25.0 Å². The normalized spacial score (nSPS) is 11.8. The van der Waals surface area contributed by atoms with Crippen LogP contribution in [-0.4, -0.2) is 52.1 Å². The van der Waals surface area contributed by atoms with E-state index in [1.807, 2.05) is 56.5 Å². The minimum atomic E-state index is -0.520. The molecule has 1 aromatic carbocycles. The second kappa shape index (κ2) is 11.9. The predicted molar refractivity (Wildman–Crippen MR) is 123 cm³/mol. The number of nitrogens with zero attached hydrogens (tertiary/aromatic N) is 4. The molecule has 0 atom stereocenters. The van der Waals surface area contributed by atoms with Gasteiger partial charge in [0.1, 0.15) is 17.8 Å². The van der Waals surface area contributed by atoms with Gasteiger partial charge < -0.3 is 19.9 Å². The number of carbonyl (C=O) groups is 1. The van der Waals surface area contributed by atoms with E-state index in [0.29, 0.717) is 12.2 Å². The largest absolute Gasteiger partial charge is 0.444 e. The Morgan fingerprint density at radius 3 is 2.55 bits per heavy atom. The molecule has 0 saturated carbocycles. The zero-order chi connectivity index (χ0) is 22.7. The molecule has 1 aromatic heterocycles. The molecule has 9 nitrogen and oxygen atoms in total. The van der Waals surface area contributed by atoms with Gasteiger partial charge in [0.15, 0.2) is 5.96 Å². The summed E-state index contributed by atoms with van der Waals surface area (Å²) in [5.41, 5.74) is 1.33. The fraction of sp³-hybridized carbons (Fsp3) is 0.545. The van der Waals surface area contributed by atoms with Crippen molar-refractivity contribution in [2.24, 2.45) is 4.99 Å². The lowest BCUT2D eigenvalue weighted by molar-refractivity contribution is 0.0636. The Kier molecular flexibility index (Phi) is 9.30. The highest BCUT2D eigenvalue weighted by atomic mass is 16.6.